The molecule has 0 saturated carbocycles. The van der Waals surface area contributed by atoms with Crippen molar-refractivity contribution < 1.29 is 4.79 Å². The summed E-state index contributed by atoms with van der Waals surface area (Å²) >= 11 is 0. The molecule has 1 aliphatic rings. The van der Waals surface area contributed by atoms with E-state index in [2.05, 4.69) is 13.8 Å². The molecule has 0 aromatic carbocycles. The van der Waals surface area contributed by atoms with Crippen LogP contribution in [0.25, 0.3) is 0 Å². The van der Waals surface area contributed by atoms with E-state index >= 15 is 0 Å². The molecule has 0 aliphatic carbocycles. The summed E-state index contributed by atoms with van der Waals surface area (Å²) < 4.78 is 0. The van der Waals surface area contributed by atoms with E-state index in [4.69, 9.17) is 5.73 Å². The Kier molecular flexibility index (Phi) is 3.72. The van der Waals surface area contributed by atoms with Gasteiger partial charge in [0.15, 0.2) is 0 Å². The Morgan fingerprint density at radius 1 is 1.62 bits per heavy atom. The third-order valence-electron chi connectivity index (χ3n) is 2.88. The van der Waals surface area contributed by atoms with E-state index < -0.39 is 0 Å². The Morgan fingerprint density at radius 2 is 2.31 bits per heavy atom. The van der Waals surface area contributed by atoms with E-state index in [1.165, 1.54) is 0 Å². The van der Waals surface area contributed by atoms with Gasteiger partial charge in [-0.3, -0.25) is 4.79 Å². The molecule has 3 heteroatoms. The minimum Gasteiger partial charge on any atom is -0.342 e. The molecule has 1 fully saturated rings. The molecule has 13 heavy (non-hydrogen) atoms. The molecule has 1 saturated heterocycles. The van der Waals surface area contributed by atoms with Crippen molar-refractivity contribution in [3.63, 3.8) is 0 Å². The van der Waals surface area contributed by atoms with Crippen LogP contribution in [-0.2, 0) is 4.79 Å². The number of carbonyl (C=O) groups excluding carboxylic acids is 1. The predicted molar refractivity (Wildman–Crippen MR) is 53.2 cm³/mol. The van der Waals surface area contributed by atoms with Crippen molar-refractivity contribution in [2.24, 2.45) is 17.6 Å². The molecule has 1 heterocycles. The molecule has 1 atom stereocenters. The van der Waals surface area contributed by atoms with Crippen LogP contribution in [0.4, 0.5) is 0 Å². The monoisotopic (exact) mass is 184 g/mol. The Labute approximate surface area is 80.3 Å². The highest BCUT2D eigenvalue weighted by atomic mass is 16.2. The lowest BCUT2D eigenvalue weighted by Crippen LogP contribution is -2.30. The van der Waals surface area contributed by atoms with Gasteiger partial charge in [0.2, 0.25) is 5.91 Å². The first-order valence-electron chi connectivity index (χ1n) is 5.13. The summed E-state index contributed by atoms with van der Waals surface area (Å²) in [6.45, 7) is 6.79. The van der Waals surface area contributed by atoms with Crippen LogP contribution >= 0.6 is 0 Å². The molecule has 1 aliphatic heterocycles. The predicted octanol–water partition coefficient (Wildman–Crippen LogP) is 0.840. The maximum atomic E-state index is 11.5. The van der Waals surface area contributed by atoms with Crippen LogP contribution in [0.2, 0.25) is 0 Å². The van der Waals surface area contributed by atoms with Crippen molar-refractivity contribution in [3.05, 3.63) is 0 Å². The lowest BCUT2D eigenvalue weighted by molar-refractivity contribution is -0.130. The van der Waals surface area contributed by atoms with Crippen molar-refractivity contribution >= 4 is 5.91 Å². The van der Waals surface area contributed by atoms with Crippen LogP contribution in [0, 0.1) is 11.8 Å². The fraction of sp³-hybridized carbons (Fsp3) is 0.900. The van der Waals surface area contributed by atoms with Gasteiger partial charge in [-0.1, -0.05) is 13.8 Å². The number of nitrogens with zero attached hydrogens (tertiary/aromatic N) is 1. The third-order valence-corrected chi connectivity index (χ3v) is 2.88. The highest BCUT2D eigenvalue weighted by Gasteiger charge is 2.27. The summed E-state index contributed by atoms with van der Waals surface area (Å²) in [5.41, 5.74) is 5.34. The average Bonchev–Trinajstić information content (AvgIpc) is 2.52. The number of hydrogen-bond donors (Lipinski definition) is 1. The van der Waals surface area contributed by atoms with Crippen LogP contribution in [-0.4, -0.2) is 30.4 Å². The topological polar surface area (TPSA) is 46.3 Å². The Balaban J connectivity index is 2.36. The second kappa shape index (κ2) is 4.61. The van der Waals surface area contributed by atoms with Crippen LogP contribution in [0.15, 0.2) is 0 Å². The fourth-order valence-electron chi connectivity index (χ4n) is 1.84. The Morgan fingerprint density at radius 3 is 2.77 bits per heavy atom. The highest BCUT2D eigenvalue weighted by Crippen LogP contribution is 2.23. The van der Waals surface area contributed by atoms with E-state index in [0.29, 0.717) is 24.8 Å². The molecule has 1 rings (SSSR count). The van der Waals surface area contributed by atoms with E-state index in [0.717, 1.165) is 19.5 Å². The maximum Gasteiger partial charge on any atom is 0.223 e. The quantitative estimate of drug-likeness (QED) is 0.706. The number of amides is 1. The first-order valence-corrected chi connectivity index (χ1v) is 5.13. The second-order valence-electron chi connectivity index (χ2n) is 4.17. The van der Waals surface area contributed by atoms with Crippen LogP contribution in [0.3, 0.4) is 0 Å². The van der Waals surface area contributed by atoms with Crippen molar-refractivity contribution in [1.29, 1.82) is 0 Å². The average molecular weight is 184 g/mol. The number of nitrogens with two attached hydrogens (primary N) is 1. The first-order chi connectivity index (χ1) is 6.15. The summed E-state index contributed by atoms with van der Waals surface area (Å²) in [7, 11) is 0. The molecule has 1 unspecified atom stereocenters. The van der Waals surface area contributed by atoms with Gasteiger partial charge in [0.1, 0.15) is 0 Å². The molecular weight excluding hydrogens is 164 g/mol. The molecule has 0 spiro atoms. The van der Waals surface area contributed by atoms with Crippen molar-refractivity contribution in [1.82, 2.24) is 4.90 Å². The molecule has 0 aromatic heterocycles. The van der Waals surface area contributed by atoms with Gasteiger partial charge in [0.25, 0.3) is 0 Å². The van der Waals surface area contributed by atoms with Gasteiger partial charge >= 0.3 is 0 Å². The molecule has 3 nitrogen and oxygen atoms in total. The lowest BCUT2D eigenvalue weighted by Gasteiger charge is -2.17. The zero-order chi connectivity index (χ0) is 9.84. The number of likely N-dealkylation sites (tertiary alicyclic amines) is 1. The summed E-state index contributed by atoms with van der Waals surface area (Å²) in [4.78, 5) is 13.4. The molecule has 1 amide bonds. The first kappa shape index (κ1) is 10.5. The molecule has 2 N–H and O–H groups in total. The fourth-order valence-corrected chi connectivity index (χ4v) is 1.84. The van der Waals surface area contributed by atoms with Crippen LogP contribution in [0.5, 0.6) is 0 Å². The summed E-state index contributed by atoms with van der Waals surface area (Å²) in [6.07, 6.45) is 1.67. The van der Waals surface area contributed by atoms with Gasteiger partial charge in [0.05, 0.1) is 0 Å². The Bertz CT molecular complexity index is 180. The Hall–Kier alpha value is -0.570. The highest BCUT2D eigenvalue weighted by molar-refractivity contribution is 5.76. The minimum atomic E-state index is 0.227. The van der Waals surface area contributed by atoms with E-state index in [1.54, 1.807) is 0 Å². The van der Waals surface area contributed by atoms with Crippen LogP contribution in [0.1, 0.15) is 26.7 Å². The smallest absolute Gasteiger partial charge is 0.223 e. The minimum absolute atomic E-state index is 0.227. The summed E-state index contributed by atoms with van der Waals surface area (Å²) in [5.74, 6) is 1.61. The SMILES string of the molecule is CC(C)C1CCN(C(=O)CCN)C1. The molecule has 0 aromatic rings. The lowest BCUT2D eigenvalue weighted by atomic mass is 9.95. The molecule has 76 valence electrons. The van der Waals surface area contributed by atoms with Crippen molar-refractivity contribution in [3.8, 4) is 0 Å². The number of carbonyl (C=O) groups is 1. The summed E-state index contributed by atoms with van der Waals surface area (Å²) in [5, 5.41) is 0. The van der Waals surface area contributed by atoms with E-state index in [1.807, 2.05) is 4.90 Å². The van der Waals surface area contributed by atoms with E-state index in [-0.39, 0.29) is 5.91 Å². The van der Waals surface area contributed by atoms with Gasteiger partial charge in [-0.2, -0.15) is 0 Å². The van der Waals surface area contributed by atoms with Gasteiger partial charge in [-0.25, -0.2) is 0 Å². The zero-order valence-electron chi connectivity index (χ0n) is 8.62. The van der Waals surface area contributed by atoms with E-state index in [9.17, 15) is 4.79 Å². The largest absolute Gasteiger partial charge is 0.342 e. The van der Waals surface area contributed by atoms with Gasteiger partial charge < -0.3 is 10.6 Å². The molecule has 0 bridgehead atoms. The maximum absolute atomic E-state index is 11.5. The molecule has 0 radical (unpaired) electrons. The second-order valence-corrected chi connectivity index (χ2v) is 4.17. The van der Waals surface area contributed by atoms with Gasteiger partial charge in [-0.05, 0) is 18.3 Å². The van der Waals surface area contributed by atoms with Gasteiger partial charge in [-0.15, -0.1) is 0 Å². The zero-order valence-corrected chi connectivity index (χ0v) is 8.62. The molecular formula is C10H20N2O. The number of hydrogen-bond acceptors (Lipinski definition) is 2. The van der Waals surface area contributed by atoms with Crippen LogP contribution < -0.4 is 5.73 Å². The normalized spacial score (nSPS) is 22.8. The van der Waals surface area contributed by atoms with Gasteiger partial charge in [0, 0.05) is 26.1 Å². The van der Waals surface area contributed by atoms with Crippen molar-refractivity contribution in [2.75, 3.05) is 19.6 Å². The standard InChI is InChI=1S/C10H20N2O/c1-8(2)9-4-6-12(7-9)10(13)3-5-11/h8-9H,3-7,11H2,1-2H3. The number of rotatable bonds is 3. The third kappa shape index (κ3) is 2.69. The van der Waals surface area contributed by atoms with Crippen molar-refractivity contribution in [2.45, 2.75) is 26.7 Å². The summed E-state index contributed by atoms with van der Waals surface area (Å²) in [6, 6.07) is 0.